The molecule has 0 amide bonds. The summed E-state index contributed by atoms with van der Waals surface area (Å²) in [5.74, 6) is 0.584. The minimum atomic E-state index is -0.363. The number of pyridine rings is 1. The summed E-state index contributed by atoms with van der Waals surface area (Å²) in [6.07, 6.45) is 5.04. The first-order chi connectivity index (χ1) is 16.5. The molecule has 2 aliphatic rings. The number of ether oxygens (including phenoxy) is 1. The molecule has 6 heteroatoms. The third kappa shape index (κ3) is 3.46. The summed E-state index contributed by atoms with van der Waals surface area (Å²) in [5, 5.41) is 10.3. The Hall–Kier alpha value is -3.62. The van der Waals surface area contributed by atoms with Gasteiger partial charge in [-0.25, -0.2) is 9.37 Å². The highest BCUT2D eigenvalue weighted by atomic mass is 35.5. The molecule has 4 nitrogen and oxygen atoms in total. The fourth-order valence-electron chi connectivity index (χ4n) is 4.86. The highest BCUT2D eigenvalue weighted by Gasteiger charge is 2.30. The van der Waals surface area contributed by atoms with Crippen molar-refractivity contribution in [3.05, 3.63) is 105 Å². The van der Waals surface area contributed by atoms with Crippen LogP contribution in [0.3, 0.4) is 0 Å². The second kappa shape index (κ2) is 8.00. The molecule has 1 aliphatic heterocycles. The first kappa shape index (κ1) is 20.9. The third-order valence-electron chi connectivity index (χ3n) is 6.65. The monoisotopic (exact) mass is 469 g/mol. The number of rotatable bonds is 3. The largest absolute Gasteiger partial charge is 0.488 e. The van der Waals surface area contributed by atoms with Gasteiger partial charge in [-0.05, 0) is 60.7 Å². The molecule has 0 radical (unpaired) electrons. The fraction of sp³-hybridized carbons (Fsp3) is 0.214. The topological polar surface area (TPSA) is 50.3 Å². The number of fused-ring (bicyclic) bond motifs is 3. The van der Waals surface area contributed by atoms with E-state index < -0.39 is 0 Å². The zero-order valence-electron chi connectivity index (χ0n) is 18.6. The van der Waals surface area contributed by atoms with Crippen LogP contribution in [0.4, 0.5) is 4.39 Å². The zero-order valence-corrected chi connectivity index (χ0v) is 19.4. The van der Waals surface area contributed by atoms with Gasteiger partial charge in [0.15, 0.2) is 5.65 Å². The van der Waals surface area contributed by atoms with Crippen molar-refractivity contribution in [2.24, 2.45) is 0 Å². The second-order valence-electron chi connectivity index (χ2n) is 8.98. The number of benzene rings is 2. The van der Waals surface area contributed by atoms with Crippen LogP contribution in [0, 0.1) is 17.1 Å². The lowest BCUT2D eigenvalue weighted by Gasteiger charge is -2.13. The van der Waals surface area contributed by atoms with E-state index in [0.717, 1.165) is 57.7 Å². The standard InChI is InChI=1S/C28H21ClFN3O/c1-16(14-31)26-21-8-4-17(11-19(21)15-34-25-13-20(30)7-9-22(25)26)12-24-27(18-5-6-18)32-28-23(29)3-2-10-33(24)28/h2-4,7-11,13,18H,5-6,12,15H2,1H3. The lowest BCUT2D eigenvalue weighted by molar-refractivity contribution is 0.305. The summed E-state index contributed by atoms with van der Waals surface area (Å²) < 4.78 is 22.0. The summed E-state index contributed by atoms with van der Waals surface area (Å²) >= 11 is 6.44. The molecule has 3 heterocycles. The predicted molar refractivity (Wildman–Crippen MR) is 129 cm³/mol. The van der Waals surface area contributed by atoms with Gasteiger partial charge < -0.3 is 9.14 Å². The highest BCUT2D eigenvalue weighted by Crippen LogP contribution is 2.43. The van der Waals surface area contributed by atoms with Gasteiger partial charge >= 0.3 is 0 Å². The van der Waals surface area contributed by atoms with E-state index in [0.29, 0.717) is 35.3 Å². The van der Waals surface area contributed by atoms with E-state index in [1.54, 1.807) is 13.0 Å². The van der Waals surface area contributed by atoms with Crippen LogP contribution in [0.15, 0.2) is 60.3 Å². The molecular formula is C28H21ClFN3O. The third-order valence-corrected chi connectivity index (χ3v) is 6.94. The number of allylic oxidation sites excluding steroid dienone is 1. The molecule has 0 saturated heterocycles. The van der Waals surface area contributed by atoms with Crippen LogP contribution in [0.1, 0.15) is 59.3 Å². The Labute approximate surface area is 201 Å². The molecule has 168 valence electrons. The molecule has 1 fully saturated rings. The number of halogens is 2. The normalized spacial score (nSPS) is 16.3. The summed E-state index contributed by atoms with van der Waals surface area (Å²) in [7, 11) is 0. The molecule has 1 aliphatic carbocycles. The number of nitrogens with zero attached hydrogens (tertiary/aromatic N) is 3. The molecule has 0 unspecified atom stereocenters. The highest BCUT2D eigenvalue weighted by molar-refractivity contribution is 6.33. The van der Waals surface area contributed by atoms with E-state index in [1.807, 2.05) is 18.3 Å². The number of hydrogen-bond acceptors (Lipinski definition) is 3. The molecule has 4 aromatic rings. The van der Waals surface area contributed by atoms with Gasteiger partial charge in [0.05, 0.1) is 22.5 Å². The predicted octanol–water partition coefficient (Wildman–Crippen LogP) is 6.83. The lowest BCUT2D eigenvalue weighted by atomic mass is 9.89. The Balaban J connectivity index is 1.45. The molecule has 0 atom stereocenters. The number of hydrogen-bond donors (Lipinski definition) is 0. The molecule has 0 bridgehead atoms. The summed E-state index contributed by atoms with van der Waals surface area (Å²) in [6, 6.07) is 16.8. The minimum absolute atomic E-state index is 0.302. The molecule has 2 aromatic carbocycles. The van der Waals surface area contributed by atoms with Crippen LogP contribution in [0.2, 0.25) is 5.02 Å². The van der Waals surface area contributed by atoms with Crippen molar-refractivity contribution in [3.63, 3.8) is 0 Å². The van der Waals surface area contributed by atoms with Crippen LogP contribution < -0.4 is 4.74 Å². The van der Waals surface area contributed by atoms with Gasteiger partial charge in [0.25, 0.3) is 0 Å². The smallest absolute Gasteiger partial charge is 0.156 e. The van der Waals surface area contributed by atoms with Gasteiger partial charge in [-0.2, -0.15) is 5.26 Å². The van der Waals surface area contributed by atoms with Gasteiger partial charge in [-0.1, -0.05) is 29.8 Å². The van der Waals surface area contributed by atoms with E-state index in [9.17, 15) is 9.65 Å². The molecule has 2 aromatic heterocycles. The fourth-order valence-corrected chi connectivity index (χ4v) is 5.06. The Morgan fingerprint density at radius 1 is 1.21 bits per heavy atom. The summed E-state index contributed by atoms with van der Waals surface area (Å²) in [5.41, 5.74) is 8.21. The maximum atomic E-state index is 13.9. The Morgan fingerprint density at radius 3 is 2.82 bits per heavy atom. The van der Waals surface area contributed by atoms with E-state index in [-0.39, 0.29) is 5.82 Å². The number of nitriles is 1. The van der Waals surface area contributed by atoms with Crippen LogP contribution in [-0.2, 0) is 13.0 Å². The van der Waals surface area contributed by atoms with Gasteiger partial charge in [0.1, 0.15) is 18.2 Å². The molecule has 34 heavy (non-hydrogen) atoms. The van der Waals surface area contributed by atoms with E-state index in [1.165, 1.54) is 12.1 Å². The van der Waals surface area contributed by atoms with Crippen LogP contribution in [0.5, 0.6) is 5.75 Å². The molecule has 1 saturated carbocycles. The minimum Gasteiger partial charge on any atom is -0.488 e. The van der Waals surface area contributed by atoms with Crippen molar-refractivity contribution >= 4 is 22.8 Å². The quantitative estimate of drug-likeness (QED) is 0.309. The first-order valence-electron chi connectivity index (χ1n) is 11.3. The van der Waals surface area contributed by atoms with Crippen molar-refractivity contribution in [2.75, 3.05) is 0 Å². The average molecular weight is 470 g/mol. The summed E-state index contributed by atoms with van der Waals surface area (Å²) in [6.45, 7) is 2.09. The molecular weight excluding hydrogens is 449 g/mol. The Bertz CT molecular complexity index is 1540. The van der Waals surface area contributed by atoms with Crippen molar-refractivity contribution in [2.45, 2.75) is 38.7 Å². The summed E-state index contributed by atoms with van der Waals surface area (Å²) in [4.78, 5) is 4.88. The van der Waals surface area contributed by atoms with E-state index in [2.05, 4.69) is 28.7 Å². The van der Waals surface area contributed by atoms with Crippen LogP contribution in [-0.4, -0.2) is 9.38 Å². The maximum Gasteiger partial charge on any atom is 0.156 e. The van der Waals surface area contributed by atoms with Gasteiger partial charge in [-0.3, -0.25) is 0 Å². The lowest BCUT2D eigenvalue weighted by Crippen LogP contribution is -2.02. The van der Waals surface area contributed by atoms with Crippen molar-refractivity contribution in [1.29, 1.82) is 5.26 Å². The average Bonchev–Trinajstić information content (AvgIpc) is 3.63. The van der Waals surface area contributed by atoms with Crippen molar-refractivity contribution < 1.29 is 9.13 Å². The zero-order chi connectivity index (χ0) is 23.4. The molecule has 6 rings (SSSR count). The molecule has 0 N–H and O–H groups in total. The number of aromatic nitrogens is 2. The Morgan fingerprint density at radius 2 is 2.03 bits per heavy atom. The van der Waals surface area contributed by atoms with E-state index in [4.69, 9.17) is 21.3 Å². The number of imidazole rings is 1. The van der Waals surface area contributed by atoms with Crippen LogP contribution >= 0.6 is 11.6 Å². The van der Waals surface area contributed by atoms with Crippen LogP contribution in [0.25, 0.3) is 11.2 Å². The second-order valence-corrected chi connectivity index (χ2v) is 9.38. The van der Waals surface area contributed by atoms with Gasteiger partial charge in [-0.15, -0.1) is 0 Å². The van der Waals surface area contributed by atoms with Gasteiger partial charge in [0.2, 0.25) is 0 Å². The van der Waals surface area contributed by atoms with Crippen molar-refractivity contribution in [3.8, 4) is 11.8 Å². The molecule has 0 spiro atoms. The Kier molecular flexibility index (Phi) is 4.93. The maximum absolute atomic E-state index is 13.9. The van der Waals surface area contributed by atoms with Crippen molar-refractivity contribution in [1.82, 2.24) is 9.38 Å². The van der Waals surface area contributed by atoms with E-state index >= 15 is 0 Å². The SMILES string of the molecule is CC(C#N)=C1c2ccc(Cc3c(C4CC4)nc4c(Cl)cccn34)cc2COc2cc(F)ccc21. The first-order valence-corrected chi connectivity index (χ1v) is 11.7. The van der Waals surface area contributed by atoms with Gasteiger partial charge in [0, 0.05) is 41.3 Å².